The Bertz CT molecular complexity index is 6.00. The summed E-state index contributed by atoms with van der Waals surface area (Å²) in [5, 5.41) is 0. The van der Waals surface area contributed by atoms with E-state index in [9.17, 15) is 0 Å². The fraction of sp³-hybridized carbons (Fsp3) is 0.500. The van der Waals surface area contributed by atoms with Crippen LogP contribution in [-0.2, 0) is 4.74 Å². The van der Waals surface area contributed by atoms with Crippen LogP contribution in [0.3, 0.4) is 0 Å². The summed E-state index contributed by atoms with van der Waals surface area (Å²) in [5.41, 5.74) is 0. The monoisotopic (exact) mass is 84.0 g/mol. The maximum Gasteiger partial charge on any atom is 1.00 e. The van der Waals surface area contributed by atoms with Gasteiger partial charge in [-0.3, -0.25) is 0 Å². The third-order valence-corrected chi connectivity index (χ3v) is 0. The molecule has 0 aliphatic heterocycles. The van der Waals surface area contributed by atoms with Gasteiger partial charge in [0.05, 0.1) is 0 Å². The normalized spacial score (nSPS) is 4.50. The molecule has 0 saturated carbocycles. The Morgan fingerprint density at radius 2 is 1.75 bits per heavy atom. The van der Waals surface area contributed by atoms with Gasteiger partial charge in [-0.1, -0.05) is 0 Å². The molecule has 0 heterocycles. The minimum atomic E-state index is 0. The van der Waals surface area contributed by atoms with Gasteiger partial charge in [0.15, 0.2) is 0 Å². The standard InChI is InChI=1S/C2H5O.K/c1-3-2;/h1H2,2H3;/q-1;+1. The Kier molecular flexibility index (Phi) is 20.2. The topological polar surface area (TPSA) is 9.23 Å². The summed E-state index contributed by atoms with van der Waals surface area (Å²) in [4.78, 5) is 0. The molecule has 0 saturated heterocycles. The average molecular weight is 84.2 g/mol. The summed E-state index contributed by atoms with van der Waals surface area (Å²) >= 11 is 0. The molecule has 0 aromatic carbocycles. The maximum absolute atomic E-state index is 4.00. The quantitative estimate of drug-likeness (QED) is 0.231. The number of hydrogen-bond acceptors (Lipinski definition) is 1. The van der Waals surface area contributed by atoms with Crippen molar-refractivity contribution in [2.24, 2.45) is 0 Å². The molecule has 0 atom stereocenters. The first-order valence-electron chi connectivity index (χ1n) is 0.697. The van der Waals surface area contributed by atoms with Crippen molar-refractivity contribution in [2.75, 3.05) is 7.11 Å². The minimum Gasteiger partial charge on any atom is -0.557 e. The molecule has 1 nitrogen and oxygen atoms in total. The number of rotatable bonds is 0. The van der Waals surface area contributed by atoms with Gasteiger partial charge in [-0.2, -0.15) is 0 Å². The van der Waals surface area contributed by atoms with Gasteiger partial charge in [-0.15, -0.1) is 0 Å². The summed E-state index contributed by atoms with van der Waals surface area (Å²) in [6, 6.07) is 0. The van der Waals surface area contributed by atoms with Crippen molar-refractivity contribution < 1.29 is 56.1 Å². The molecule has 4 heavy (non-hydrogen) atoms. The van der Waals surface area contributed by atoms with Crippen LogP contribution in [0.2, 0.25) is 0 Å². The van der Waals surface area contributed by atoms with Gasteiger partial charge >= 0.3 is 51.4 Å². The smallest absolute Gasteiger partial charge is 0.557 e. The van der Waals surface area contributed by atoms with Crippen LogP contribution >= 0.6 is 0 Å². The first-order valence-corrected chi connectivity index (χ1v) is 0.697. The maximum atomic E-state index is 4.00. The summed E-state index contributed by atoms with van der Waals surface area (Å²) < 4.78 is 4.00. The molecule has 0 aromatic heterocycles. The van der Waals surface area contributed by atoms with Crippen molar-refractivity contribution in [2.45, 2.75) is 0 Å². The van der Waals surface area contributed by atoms with Gasteiger partial charge < -0.3 is 4.74 Å². The molecular weight excluding hydrogens is 79.1 g/mol. The average Bonchev–Trinajstić information content (AvgIpc) is 0.918. The van der Waals surface area contributed by atoms with E-state index < -0.39 is 0 Å². The SMILES string of the molecule is [CH2-]OC.[K+]. The predicted octanol–water partition coefficient (Wildman–Crippen LogP) is -2.57. The van der Waals surface area contributed by atoms with Crippen molar-refractivity contribution in [3.05, 3.63) is 7.11 Å². The number of hydrogen-bond donors (Lipinski definition) is 0. The van der Waals surface area contributed by atoms with Crippen LogP contribution in [0.4, 0.5) is 0 Å². The van der Waals surface area contributed by atoms with Gasteiger partial charge in [0.2, 0.25) is 0 Å². The van der Waals surface area contributed by atoms with Gasteiger partial charge in [0.25, 0.3) is 0 Å². The molecule has 0 aliphatic carbocycles. The Morgan fingerprint density at radius 1 is 1.75 bits per heavy atom. The van der Waals surface area contributed by atoms with Crippen LogP contribution in [0.25, 0.3) is 0 Å². The third kappa shape index (κ3) is 9.51. The van der Waals surface area contributed by atoms with E-state index in [1.807, 2.05) is 0 Å². The zero-order valence-corrected chi connectivity index (χ0v) is 6.24. The molecule has 0 bridgehead atoms. The van der Waals surface area contributed by atoms with E-state index >= 15 is 0 Å². The molecule has 0 unspecified atom stereocenters. The summed E-state index contributed by atoms with van der Waals surface area (Å²) in [6.45, 7) is 0. The van der Waals surface area contributed by atoms with Crippen molar-refractivity contribution in [1.82, 2.24) is 0 Å². The fourth-order valence-electron chi connectivity index (χ4n) is 0. The van der Waals surface area contributed by atoms with Gasteiger partial charge in [0, 0.05) is 0 Å². The summed E-state index contributed by atoms with van der Waals surface area (Å²) in [5.74, 6) is 0. The van der Waals surface area contributed by atoms with Crippen LogP contribution in [0.1, 0.15) is 0 Å². The molecule has 0 radical (unpaired) electrons. The van der Waals surface area contributed by atoms with E-state index in [2.05, 4.69) is 11.8 Å². The number of ether oxygens (including phenoxy) is 1. The molecule has 0 amide bonds. The number of methoxy groups -OCH3 is 1. The van der Waals surface area contributed by atoms with Crippen molar-refractivity contribution in [1.29, 1.82) is 0 Å². The van der Waals surface area contributed by atoms with Crippen LogP contribution in [0.15, 0.2) is 0 Å². The molecule has 0 rings (SSSR count). The van der Waals surface area contributed by atoms with Crippen molar-refractivity contribution in [3.63, 3.8) is 0 Å². The second kappa shape index (κ2) is 8.82. The van der Waals surface area contributed by atoms with E-state index in [-0.39, 0.29) is 51.4 Å². The Hall–Kier alpha value is 1.60. The third-order valence-electron chi connectivity index (χ3n) is 0. The Labute approximate surface area is 69.1 Å². The largest absolute Gasteiger partial charge is 1.00 e. The fourth-order valence-corrected chi connectivity index (χ4v) is 0. The molecule has 0 aromatic rings. The van der Waals surface area contributed by atoms with Crippen molar-refractivity contribution >= 4 is 0 Å². The van der Waals surface area contributed by atoms with Gasteiger partial charge in [-0.25, -0.2) is 7.11 Å². The van der Waals surface area contributed by atoms with Crippen LogP contribution in [-0.4, -0.2) is 7.11 Å². The first kappa shape index (κ1) is 9.14. The zero-order chi connectivity index (χ0) is 2.71. The van der Waals surface area contributed by atoms with E-state index in [0.717, 1.165) is 0 Å². The van der Waals surface area contributed by atoms with E-state index in [4.69, 9.17) is 0 Å². The second-order valence-electron chi connectivity index (χ2n) is 0.289. The molecule has 0 aliphatic rings. The molecule has 0 N–H and O–H groups in total. The van der Waals surface area contributed by atoms with Crippen LogP contribution in [0, 0.1) is 7.11 Å². The van der Waals surface area contributed by atoms with Crippen molar-refractivity contribution in [3.8, 4) is 0 Å². The Balaban J connectivity index is 0. The zero-order valence-electron chi connectivity index (χ0n) is 3.12. The molecular formula is C2H5KO. The Morgan fingerprint density at radius 3 is 1.75 bits per heavy atom. The first-order chi connectivity index (χ1) is 1.41. The molecule has 2 heteroatoms. The van der Waals surface area contributed by atoms with E-state index in [1.165, 1.54) is 7.11 Å². The summed E-state index contributed by atoms with van der Waals surface area (Å²) in [6.07, 6.45) is 0. The van der Waals surface area contributed by atoms with Gasteiger partial charge in [0.1, 0.15) is 0 Å². The molecule has 20 valence electrons. The minimum absolute atomic E-state index is 0. The molecule has 0 spiro atoms. The predicted molar refractivity (Wildman–Crippen MR) is 12.4 cm³/mol. The van der Waals surface area contributed by atoms with E-state index in [0.29, 0.717) is 0 Å². The summed E-state index contributed by atoms with van der Waals surface area (Å²) in [7, 11) is 4.50. The van der Waals surface area contributed by atoms with Crippen LogP contribution in [0.5, 0.6) is 0 Å². The van der Waals surface area contributed by atoms with Crippen LogP contribution < -0.4 is 51.4 Å². The van der Waals surface area contributed by atoms with E-state index in [1.54, 1.807) is 0 Å². The molecule has 0 fully saturated rings. The van der Waals surface area contributed by atoms with Gasteiger partial charge in [-0.05, 0) is 7.11 Å². The second-order valence-corrected chi connectivity index (χ2v) is 0.289.